The van der Waals surface area contributed by atoms with E-state index in [-0.39, 0.29) is 11.8 Å². The molecular weight excluding hydrogens is 308 g/mol. The number of aromatic nitrogens is 2. The summed E-state index contributed by atoms with van der Waals surface area (Å²) in [5.74, 6) is 1.06. The third kappa shape index (κ3) is 2.97. The maximum absolute atomic E-state index is 12.4. The Labute approximate surface area is 140 Å². The number of hydrogen-bond acceptors (Lipinski definition) is 4. The fraction of sp³-hybridized carbons (Fsp3) is 0.353. The molecule has 1 fully saturated rings. The van der Waals surface area contributed by atoms with Crippen LogP contribution in [-0.4, -0.2) is 34.7 Å². The van der Waals surface area contributed by atoms with Gasteiger partial charge in [0.15, 0.2) is 0 Å². The second kappa shape index (κ2) is 6.35. The number of carbonyl (C=O) groups excluding carboxylic acids is 2. The lowest BCUT2D eigenvalue weighted by Gasteiger charge is -2.13. The third-order valence-electron chi connectivity index (χ3n) is 4.15. The molecule has 2 amide bonds. The molecule has 126 valence electrons. The van der Waals surface area contributed by atoms with Gasteiger partial charge >= 0.3 is 0 Å². The van der Waals surface area contributed by atoms with Crippen molar-refractivity contribution in [1.82, 2.24) is 15.1 Å². The number of ether oxygens (including phenoxy) is 1. The Kier molecular flexibility index (Phi) is 4.24. The molecule has 1 aromatic carbocycles. The van der Waals surface area contributed by atoms with Crippen molar-refractivity contribution in [2.45, 2.75) is 25.8 Å². The highest BCUT2D eigenvalue weighted by molar-refractivity contribution is 6.01. The first-order valence-corrected chi connectivity index (χ1v) is 7.78. The van der Waals surface area contributed by atoms with Crippen molar-refractivity contribution in [2.24, 2.45) is 7.05 Å². The van der Waals surface area contributed by atoms with Crippen molar-refractivity contribution in [1.29, 1.82) is 0 Å². The van der Waals surface area contributed by atoms with Gasteiger partial charge in [-0.1, -0.05) is 12.1 Å². The second-order valence-electron chi connectivity index (χ2n) is 5.81. The fourth-order valence-corrected chi connectivity index (χ4v) is 2.92. The number of rotatable bonds is 4. The van der Waals surface area contributed by atoms with Crippen LogP contribution in [0.1, 0.15) is 18.5 Å². The number of carbonyl (C=O) groups is 2. The van der Waals surface area contributed by atoms with E-state index in [1.54, 1.807) is 18.8 Å². The summed E-state index contributed by atoms with van der Waals surface area (Å²) >= 11 is 0. The van der Waals surface area contributed by atoms with Crippen LogP contribution in [0, 0.1) is 6.92 Å². The molecule has 2 heterocycles. The fourth-order valence-electron chi connectivity index (χ4n) is 2.92. The maximum Gasteiger partial charge on any atom is 0.248 e. The molecule has 7 nitrogen and oxygen atoms in total. The highest BCUT2D eigenvalue weighted by atomic mass is 16.5. The van der Waals surface area contributed by atoms with Crippen LogP contribution in [0.5, 0.6) is 5.75 Å². The van der Waals surface area contributed by atoms with E-state index in [0.29, 0.717) is 18.7 Å². The van der Waals surface area contributed by atoms with Crippen LogP contribution in [0.3, 0.4) is 0 Å². The number of methoxy groups -OCH3 is 1. The highest BCUT2D eigenvalue weighted by Crippen LogP contribution is 2.32. The van der Waals surface area contributed by atoms with Crippen LogP contribution in [0.2, 0.25) is 0 Å². The first kappa shape index (κ1) is 16.0. The number of hydrogen-bond donors (Lipinski definition) is 2. The molecule has 0 saturated carbocycles. The number of benzene rings is 1. The monoisotopic (exact) mass is 328 g/mol. The van der Waals surface area contributed by atoms with Crippen molar-refractivity contribution in [3.8, 4) is 16.9 Å². The zero-order valence-electron chi connectivity index (χ0n) is 13.9. The minimum Gasteiger partial charge on any atom is -0.497 e. The molecule has 1 saturated heterocycles. The summed E-state index contributed by atoms with van der Waals surface area (Å²) in [6, 6.07) is 7.09. The van der Waals surface area contributed by atoms with Gasteiger partial charge in [-0.2, -0.15) is 5.10 Å². The van der Waals surface area contributed by atoms with E-state index >= 15 is 0 Å². The van der Waals surface area contributed by atoms with Crippen LogP contribution >= 0.6 is 0 Å². The van der Waals surface area contributed by atoms with Crippen molar-refractivity contribution in [3.63, 3.8) is 0 Å². The highest BCUT2D eigenvalue weighted by Gasteiger charge is 2.28. The SMILES string of the molecule is COc1ccc(-c2c(C)nn(C)c2NC(=O)C2CCC(=O)N2)cc1. The summed E-state index contributed by atoms with van der Waals surface area (Å²) in [6.07, 6.45) is 0.896. The molecule has 1 aliphatic heterocycles. The molecular formula is C17H20N4O3. The Morgan fingerprint density at radius 3 is 2.67 bits per heavy atom. The minimum atomic E-state index is -0.489. The summed E-state index contributed by atoms with van der Waals surface area (Å²) in [5, 5.41) is 9.99. The summed E-state index contributed by atoms with van der Waals surface area (Å²) in [7, 11) is 3.40. The Hall–Kier alpha value is -2.83. The van der Waals surface area contributed by atoms with Gasteiger partial charge in [-0.15, -0.1) is 0 Å². The lowest BCUT2D eigenvalue weighted by atomic mass is 10.1. The smallest absolute Gasteiger partial charge is 0.248 e. The average Bonchev–Trinajstić information content (AvgIpc) is 3.11. The van der Waals surface area contributed by atoms with Gasteiger partial charge < -0.3 is 15.4 Å². The van der Waals surface area contributed by atoms with E-state index < -0.39 is 6.04 Å². The molecule has 1 aliphatic rings. The zero-order chi connectivity index (χ0) is 17.3. The predicted octanol–water partition coefficient (Wildman–Crippen LogP) is 1.62. The number of amides is 2. The maximum atomic E-state index is 12.4. The first-order valence-electron chi connectivity index (χ1n) is 7.78. The van der Waals surface area contributed by atoms with Crippen molar-refractivity contribution in [3.05, 3.63) is 30.0 Å². The van der Waals surface area contributed by atoms with Crippen molar-refractivity contribution in [2.75, 3.05) is 12.4 Å². The van der Waals surface area contributed by atoms with E-state index in [9.17, 15) is 9.59 Å². The number of nitrogens with zero attached hydrogens (tertiary/aromatic N) is 2. The Bertz CT molecular complexity index is 780. The Morgan fingerprint density at radius 1 is 1.38 bits per heavy atom. The van der Waals surface area contributed by atoms with Crippen molar-refractivity contribution >= 4 is 17.6 Å². The van der Waals surface area contributed by atoms with Gasteiger partial charge in [0.1, 0.15) is 17.6 Å². The minimum absolute atomic E-state index is 0.0910. The average molecular weight is 328 g/mol. The van der Waals surface area contributed by atoms with E-state index in [0.717, 1.165) is 22.6 Å². The molecule has 24 heavy (non-hydrogen) atoms. The van der Waals surface area contributed by atoms with Gasteiger partial charge in [0.2, 0.25) is 11.8 Å². The Balaban J connectivity index is 1.90. The zero-order valence-corrected chi connectivity index (χ0v) is 13.9. The summed E-state index contributed by atoms with van der Waals surface area (Å²) in [6.45, 7) is 1.90. The molecule has 2 aromatic rings. The van der Waals surface area contributed by atoms with Gasteiger partial charge in [-0.25, -0.2) is 0 Å². The second-order valence-corrected chi connectivity index (χ2v) is 5.81. The predicted molar refractivity (Wildman–Crippen MR) is 89.7 cm³/mol. The molecule has 0 spiro atoms. The van der Waals surface area contributed by atoms with E-state index in [4.69, 9.17) is 4.74 Å². The van der Waals surface area contributed by atoms with Crippen LogP contribution in [-0.2, 0) is 16.6 Å². The lowest BCUT2D eigenvalue weighted by molar-refractivity contribution is -0.122. The van der Waals surface area contributed by atoms with E-state index in [1.807, 2.05) is 31.2 Å². The Morgan fingerprint density at radius 2 is 2.08 bits per heavy atom. The quantitative estimate of drug-likeness (QED) is 0.893. The van der Waals surface area contributed by atoms with Gasteiger partial charge in [-0.3, -0.25) is 14.3 Å². The normalized spacial score (nSPS) is 16.8. The topological polar surface area (TPSA) is 85.2 Å². The summed E-state index contributed by atoms with van der Waals surface area (Å²) in [4.78, 5) is 23.7. The third-order valence-corrected chi connectivity index (χ3v) is 4.15. The van der Waals surface area contributed by atoms with Crippen LogP contribution in [0.4, 0.5) is 5.82 Å². The lowest BCUT2D eigenvalue weighted by Crippen LogP contribution is -2.37. The van der Waals surface area contributed by atoms with Gasteiger partial charge in [0.25, 0.3) is 0 Å². The van der Waals surface area contributed by atoms with Crippen LogP contribution in [0.15, 0.2) is 24.3 Å². The molecule has 0 bridgehead atoms. The number of anilines is 1. The standard InChI is InChI=1S/C17H20N4O3/c1-10-15(11-4-6-12(24-3)7-5-11)16(21(2)20-10)19-17(23)13-8-9-14(22)18-13/h4-7,13H,8-9H2,1-3H3,(H,18,22)(H,19,23). The molecule has 0 radical (unpaired) electrons. The van der Waals surface area contributed by atoms with Gasteiger partial charge in [-0.05, 0) is 31.0 Å². The number of aryl methyl sites for hydroxylation is 2. The largest absolute Gasteiger partial charge is 0.497 e. The molecule has 2 N–H and O–H groups in total. The molecule has 0 aliphatic carbocycles. The van der Waals surface area contributed by atoms with E-state index in [1.165, 1.54) is 0 Å². The summed E-state index contributed by atoms with van der Waals surface area (Å²) in [5.41, 5.74) is 2.61. The first-order chi connectivity index (χ1) is 11.5. The van der Waals surface area contributed by atoms with E-state index in [2.05, 4.69) is 15.7 Å². The molecule has 1 atom stereocenters. The molecule has 1 unspecified atom stereocenters. The van der Waals surface area contributed by atoms with Gasteiger partial charge in [0, 0.05) is 19.0 Å². The van der Waals surface area contributed by atoms with Crippen LogP contribution < -0.4 is 15.4 Å². The number of nitrogens with one attached hydrogen (secondary N) is 2. The summed E-state index contributed by atoms with van der Waals surface area (Å²) < 4.78 is 6.82. The molecule has 7 heteroatoms. The van der Waals surface area contributed by atoms with Crippen molar-refractivity contribution < 1.29 is 14.3 Å². The molecule has 3 rings (SSSR count). The van der Waals surface area contributed by atoms with Gasteiger partial charge in [0.05, 0.1) is 12.8 Å². The molecule has 1 aromatic heterocycles. The van der Waals surface area contributed by atoms with Crippen LogP contribution in [0.25, 0.3) is 11.1 Å².